The molecule has 148 valence electrons. The van der Waals surface area contributed by atoms with Crippen LogP contribution in [0.1, 0.15) is 10.4 Å². The molecule has 3 rings (SSSR count). The van der Waals surface area contributed by atoms with Gasteiger partial charge in [-0.2, -0.15) is 0 Å². The second-order valence-electron chi connectivity index (χ2n) is 6.49. The fourth-order valence-corrected chi connectivity index (χ4v) is 3.17. The van der Waals surface area contributed by atoms with E-state index in [0.29, 0.717) is 24.3 Å². The van der Waals surface area contributed by atoms with Gasteiger partial charge in [0, 0.05) is 37.6 Å². The van der Waals surface area contributed by atoms with Gasteiger partial charge in [-0.05, 0) is 42.5 Å². The maximum atomic E-state index is 12.5. The first-order chi connectivity index (χ1) is 13.6. The number of piperazine rings is 1. The lowest BCUT2D eigenvalue weighted by atomic mass is 10.2. The van der Waals surface area contributed by atoms with Crippen LogP contribution in [0.25, 0.3) is 0 Å². The molecule has 0 radical (unpaired) electrons. The molecule has 0 saturated carbocycles. The van der Waals surface area contributed by atoms with E-state index in [4.69, 9.17) is 9.47 Å². The second kappa shape index (κ2) is 9.12. The number of carbonyl (C=O) groups is 2. The zero-order valence-electron chi connectivity index (χ0n) is 16.2. The largest absolute Gasteiger partial charge is 0.497 e. The van der Waals surface area contributed by atoms with E-state index >= 15 is 0 Å². The first-order valence-corrected chi connectivity index (χ1v) is 9.19. The highest BCUT2D eigenvalue weighted by Gasteiger charge is 2.21. The van der Waals surface area contributed by atoms with Gasteiger partial charge in [-0.15, -0.1) is 0 Å². The number of hydrogen-bond donors (Lipinski definition) is 1. The Balaban J connectivity index is 1.49. The highest BCUT2D eigenvalue weighted by Crippen LogP contribution is 2.20. The van der Waals surface area contributed by atoms with Crippen LogP contribution in [0.5, 0.6) is 5.75 Å². The molecule has 7 nitrogen and oxygen atoms in total. The molecule has 0 bridgehead atoms. The third-order valence-electron chi connectivity index (χ3n) is 4.80. The van der Waals surface area contributed by atoms with Crippen LogP contribution in [0, 0.1) is 0 Å². The summed E-state index contributed by atoms with van der Waals surface area (Å²) in [4.78, 5) is 28.2. The fraction of sp³-hybridized carbons (Fsp3) is 0.333. The van der Waals surface area contributed by atoms with Gasteiger partial charge in [-0.1, -0.05) is 6.07 Å². The molecule has 1 aliphatic heterocycles. The van der Waals surface area contributed by atoms with Crippen molar-refractivity contribution in [1.29, 1.82) is 0 Å². The maximum Gasteiger partial charge on any atom is 0.337 e. The summed E-state index contributed by atoms with van der Waals surface area (Å²) in [7, 11) is 3.00. The number of rotatable bonds is 6. The predicted molar refractivity (Wildman–Crippen MR) is 108 cm³/mol. The Morgan fingerprint density at radius 1 is 1.00 bits per heavy atom. The first kappa shape index (κ1) is 19.5. The lowest BCUT2D eigenvalue weighted by Crippen LogP contribution is -2.50. The lowest BCUT2D eigenvalue weighted by molar-refractivity contribution is -0.129. The Bertz CT molecular complexity index is 815. The highest BCUT2D eigenvalue weighted by molar-refractivity contribution is 5.90. The first-order valence-electron chi connectivity index (χ1n) is 9.19. The zero-order valence-corrected chi connectivity index (χ0v) is 16.2. The molecular weight excluding hydrogens is 358 g/mol. The Kier molecular flexibility index (Phi) is 6.37. The van der Waals surface area contributed by atoms with E-state index in [1.54, 1.807) is 25.3 Å². The van der Waals surface area contributed by atoms with Crippen molar-refractivity contribution in [3.05, 3.63) is 54.1 Å². The van der Waals surface area contributed by atoms with Gasteiger partial charge in [0.15, 0.2) is 0 Å². The predicted octanol–water partition coefficient (Wildman–Crippen LogP) is 2.24. The van der Waals surface area contributed by atoms with Crippen LogP contribution in [0.3, 0.4) is 0 Å². The van der Waals surface area contributed by atoms with Crippen molar-refractivity contribution >= 4 is 23.3 Å². The number of carbonyl (C=O) groups excluding carboxylic acids is 2. The van der Waals surface area contributed by atoms with Crippen molar-refractivity contribution in [3.8, 4) is 5.75 Å². The lowest BCUT2D eigenvalue weighted by Gasteiger charge is -2.36. The Morgan fingerprint density at radius 2 is 1.71 bits per heavy atom. The van der Waals surface area contributed by atoms with E-state index in [2.05, 4.69) is 10.2 Å². The molecule has 1 heterocycles. The van der Waals surface area contributed by atoms with Crippen molar-refractivity contribution in [3.63, 3.8) is 0 Å². The van der Waals surface area contributed by atoms with Gasteiger partial charge < -0.3 is 24.6 Å². The summed E-state index contributed by atoms with van der Waals surface area (Å²) in [5.74, 6) is 0.474. The molecule has 1 amide bonds. The normalized spacial score (nSPS) is 13.8. The van der Waals surface area contributed by atoms with E-state index in [-0.39, 0.29) is 12.5 Å². The monoisotopic (exact) mass is 383 g/mol. The van der Waals surface area contributed by atoms with Crippen molar-refractivity contribution < 1.29 is 19.1 Å². The molecule has 0 atom stereocenters. The Labute approximate surface area is 164 Å². The summed E-state index contributed by atoms with van der Waals surface area (Å²) in [6, 6.07) is 14.9. The van der Waals surface area contributed by atoms with Crippen LogP contribution >= 0.6 is 0 Å². The third kappa shape index (κ3) is 4.73. The van der Waals surface area contributed by atoms with Gasteiger partial charge >= 0.3 is 5.97 Å². The second-order valence-corrected chi connectivity index (χ2v) is 6.49. The maximum absolute atomic E-state index is 12.5. The molecule has 7 heteroatoms. The molecule has 1 aliphatic rings. The van der Waals surface area contributed by atoms with Crippen molar-refractivity contribution in [2.24, 2.45) is 0 Å². The fourth-order valence-electron chi connectivity index (χ4n) is 3.17. The van der Waals surface area contributed by atoms with Crippen LogP contribution in [-0.2, 0) is 9.53 Å². The Hall–Kier alpha value is -3.22. The average molecular weight is 383 g/mol. The summed E-state index contributed by atoms with van der Waals surface area (Å²) in [5.41, 5.74) is 2.30. The van der Waals surface area contributed by atoms with Crippen molar-refractivity contribution in [2.75, 3.05) is 57.2 Å². The van der Waals surface area contributed by atoms with Crippen molar-refractivity contribution in [1.82, 2.24) is 4.90 Å². The number of esters is 1. The summed E-state index contributed by atoms with van der Waals surface area (Å²) < 4.78 is 9.91. The van der Waals surface area contributed by atoms with E-state index in [0.717, 1.165) is 24.5 Å². The van der Waals surface area contributed by atoms with Crippen LogP contribution in [-0.4, -0.2) is 63.7 Å². The minimum absolute atomic E-state index is 0.0397. The SMILES string of the molecule is COC(=O)c1cccc(NCC(=O)N2CCN(c3ccc(OC)cc3)CC2)c1. The topological polar surface area (TPSA) is 71.1 Å². The number of benzene rings is 2. The molecule has 0 unspecified atom stereocenters. The van der Waals surface area contributed by atoms with Gasteiger partial charge in [0.05, 0.1) is 26.3 Å². The number of amides is 1. The number of ether oxygens (including phenoxy) is 2. The van der Waals surface area contributed by atoms with Gasteiger partial charge in [0.25, 0.3) is 0 Å². The van der Waals surface area contributed by atoms with Gasteiger partial charge in [0.1, 0.15) is 5.75 Å². The molecule has 2 aromatic carbocycles. The quantitative estimate of drug-likeness (QED) is 0.772. The summed E-state index contributed by atoms with van der Waals surface area (Å²) in [6.07, 6.45) is 0. The van der Waals surface area contributed by atoms with Crippen LogP contribution in [0.15, 0.2) is 48.5 Å². The van der Waals surface area contributed by atoms with Crippen LogP contribution in [0.4, 0.5) is 11.4 Å². The van der Waals surface area contributed by atoms with E-state index in [1.807, 2.05) is 35.2 Å². The van der Waals surface area contributed by atoms with E-state index < -0.39 is 5.97 Å². The molecule has 1 N–H and O–H groups in total. The molecule has 0 aromatic heterocycles. The minimum Gasteiger partial charge on any atom is -0.497 e. The number of nitrogens with zero attached hydrogens (tertiary/aromatic N) is 2. The minimum atomic E-state index is -0.398. The standard InChI is InChI=1S/C21H25N3O4/c1-27-19-8-6-18(7-9-19)23-10-12-24(13-11-23)20(25)15-22-17-5-3-4-16(14-17)21(26)28-2/h3-9,14,22H,10-13,15H2,1-2H3. The number of anilines is 2. The third-order valence-corrected chi connectivity index (χ3v) is 4.80. The van der Waals surface area contributed by atoms with Crippen molar-refractivity contribution in [2.45, 2.75) is 0 Å². The highest BCUT2D eigenvalue weighted by atomic mass is 16.5. The molecule has 0 spiro atoms. The molecule has 28 heavy (non-hydrogen) atoms. The Morgan fingerprint density at radius 3 is 2.36 bits per heavy atom. The summed E-state index contributed by atoms with van der Waals surface area (Å²) in [5, 5.41) is 3.09. The zero-order chi connectivity index (χ0) is 19.9. The number of methoxy groups -OCH3 is 2. The average Bonchev–Trinajstić information content (AvgIpc) is 2.77. The molecule has 1 fully saturated rings. The van der Waals surface area contributed by atoms with Gasteiger partial charge in [-0.25, -0.2) is 4.79 Å². The molecule has 1 saturated heterocycles. The number of hydrogen-bond acceptors (Lipinski definition) is 6. The smallest absolute Gasteiger partial charge is 0.337 e. The van der Waals surface area contributed by atoms with Gasteiger partial charge in [0.2, 0.25) is 5.91 Å². The molecule has 2 aromatic rings. The summed E-state index contributed by atoms with van der Waals surface area (Å²) in [6.45, 7) is 3.11. The van der Waals surface area contributed by atoms with Crippen LogP contribution in [0.2, 0.25) is 0 Å². The van der Waals surface area contributed by atoms with Gasteiger partial charge in [-0.3, -0.25) is 4.79 Å². The number of nitrogens with one attached hydrogen (secondary N) is 1. The van der Waals surface area contributed by atoms with E-state index in [1.165, 1.54) is 7.11 Å². The van der Waals surface area contributed by atoms with Crippen LogP contribution < -0.4 is 15.0 Å². The summed E-state index contributed by atoms with van der Waals surface area (Å²) >= 11 is 0. The molecule has 0 aliphatic carbocycles. The molecular formula is C21H25N3O4. The van der Waals surface area contributed by atoms with E-state index in [9.17, 15) is 9.59 Å².